The molecule has 10 nitrogen and oxygen atoms in total. The number of hydrogen-bond donors (Lipinski definition) is 0. The maximum atomic E-state index is 13.8. The Morgan fingerprint density at radius 3 is 2.15 bits per heavy atom. The Morgan fingerprint density at radius 2 is 1.67 bits per heavy atom. The SMILES string of the molecule is CCOC(=O)c1csc([C@@H](C[C@H](C(C)C)N(C)C(=O)[C@@H](CC(=O)OC(C)(C)C)[C@@H](C)CC)OC(=O)N(C)C)n1. The van der Waals surface area contributed by atoms with Crippen LogP contribution in [0.3, 0.4) is 0 Å². The molecule has 1 aromatic heterocycles. The van der Waals surface area contributed by atoms with E-state index in [1.165, 1.54) is 16.2 Å². The highest BCUT2D eigenvalue weighted by Gasteiger charge is 2.36. The number of carbonyl (C=O) groups is 4. The molecular weight excluding hydrogens is 522 g/mol. The lowest BCUT2D eigenvalue weighted by molar-refractivity contribution is -0.159. The van der Waals surface area contributed by atoms with Crippen LogP contribution >= 0.6 is 11.3 Å². The molecule has 11 heteroatoms. The molecule has 0 spiro atoms. The van der Waals surface area contributed by atoms with Crippen molar-refractivity contribution in [2.75, 3.05) is 27.7 Å². The van der Waals surface area contributed by atoms with Crippen LogP contribution in [0, 0.1) is 17.8 Å². The van der Waals surface area contributed by atoms with Gasteiger partial charge in [-0.15, -0.1) is 11.3 Å². The summed E-state index contributed by atoms with van der Waals surface area (Å²) in [6, 6.07) is -0.349. The van der Waals surface area contributed by atoms with E-state index in [0.29, 0.717) is 5.01 Å². The van der Waals surface area contributed by atoms with E-state index >= 15 is 0 Å². The van der Waals surface area contributed by atoms with Gasteiger partial charge in [0.2, 0.25) is 5.91 Å². The third-order valence-electron chi connectivity index (χ3n) is 6.42. The first-order chi connectivity index (χ1) is 18.0. The van der Waals surface area contributed by atoms with Crippen LogP contribution in [0.25, 0.3) is 0 Å². The molecule has 1 aromatic rings. The van der Waals surface area contributed by atoms with Crippen molar-refractivity contribution in [1.29, 1.82) is 0 Å². The summed E-state index contributed by atoms with van der Waals surface area (Å²) >= 11 is 1.20. The number of aromatic nitrogens is 1. The molecule has 1 rings (SSSR count). The average Bonchev–Trinajstić information content (AvgIpc) is 3.32. The van der Waals surface area contributed by atoms with E-state index < -0.39 is 35.7 Å². The third-order valence-corrected chi connectivity index (χ3v) is 7.35. The van der Waals surface area contributed by atoms with Crippen molar-refractivity contribution in [2.24, 2.45) is 17.8 Å². The topological polar surface area (TPSA) is 115 Å². The number of hydrogen-bond acceptors (Lipinski definition) is 9. The van der Waals surface area contributed by atoms with Crippen molar-refractivity contribution in [1.82, 2.24) is 14.8 Å². The van der Waals surface area contributed by atoms with E-state index in [1.807, 2.05) is 27.7 Å². The minimum atomic E-state index is -0.802. The van der Waals surface area contributed by atoms with E-state index in [2.05, 4.69) is 4.98 Å². The van der Waals surface area contributed by atoms with Gasteiger partial charge in [0.25, 0.3) is 0 Å². The Morgan fingerprint density at radius 1 is 1.05 bits per heavy atom. The smallest absolute Gasteiger partial charge is 0.409 e. The second-order valence-electron chi connectivity index (χ2n) is 11.3. The normalized spacial score (nSPS) is 14.7. The lowest BCUT2D eigenvalue weighted by Gasteiger charge is -2.37. The van der Waals surface area contributed by atoms with E-state index in [4.69, 9.17) is 14.2 Å². The summed E-state index contributed by atoms with van der Waals surface area (Å²) < 4.78 is 16.3. The van der Waals surface area contributed by atoms with Crippen LogP contribution in [-0.2, 0) is 23.8 Å². The van der Waals surface area contributed by atoms with E-state index in [1.54, 1.807) is 59.1 Å². The fourth-order valence-electron chi connectivity index (χ4n) is 4.06. The lowest BCUT2D eigenvalue weighted by Crippen LogP contribution is -2.46. The fourth-order valence-corrected chi connectivity index (χ4v) is 4.89. The first-order valence-electron chi connectivity index (χ1n) is 13.5. The van der Waals surface area contributed by atoms with Gasteiger partial charge in [0.05, 0.1) is 18.9 Å². The summed E-state index contributed by atoms with van der Waals surface area (Å²) in [6.45, 7) is 15.2. The van der Waals surface area contributed by atoms with Crippen molar-refractivity contribution < 1.29 is 33.4 Å². The first-order valence-corrected chi connectivity index (χ1v) is 14.4. The largest absolute Gasteiger partial charge is 0.461 e. The molecule has 39 heavy (non-hydrogen) atoms. The Hall–Kier alpha value is -2.69. The molecule has 0 aromatic carbocycles. The first kappa shape index (κ1) is 34.3. The maximum absolute atomic E-state index is 13.8. The third kappa shape index (κ3) is 10.8. The van der Waals surface area contributed by atoms with Crippen LogP contribution in [0.15, 0.2) is 5.38 Å². The molecule has 0 aliphatic rings. The number of esters is 2. The number of carbonyl (C=O) groups excluding carboxylic acids is 4. The monoisotopic (exact) mass is 569 g/mol. The van der Waals surface area contributed by atoms with Crippen LogP contribution < -0.4 is 0 Å². The number of rotatable bonds is 13. The van der Waals surface area contributed by atoms with Crippen molar-refractivity contribution in [3.8, 4) is 0 Å². The Balaban J connectivity index is 3.31. The van der Waals surface area contributed by atoms with E-state index in [9.17, 15) is 19.2 Å². The fraction of sp³-hybridized carbons (Fsp3) is 0.750. The molecule has 0 N–H and O–H groups in total. The van der Waals surface area contributed by atoms with Gasteiger partial charge in [-0.25, -0.2) is 14.6 Å². The van der Waals surface area contributed by atoms with Gasteiger partial charge in [-0.2, -0.15) is 0 Å². The van der Waals surface area contributed by atoms with Crippen molar-refractivity contribution >= 4 is 35.3 Å². The predicted octanol–water partition coefficient (Wildman–Crippen LogP) is 5.33. The zero-order valence-electron chi connectivity index (χ0n) is 25.4. The van der Waals surface area contributed by atoms with Crippen LogP contribution in [0.2, 0.25) is 0 Å². The Kier molecular flexibility index (Phi) is 13.4. The highest BCUT2D eigenvalue weighted by atomic mass is 32.1. The zero-order chi connectivity index (χ0) is 30.1. The van der Waals surface area contributed by atoms with Gasteiger partial charge >= 0.3 is 18.0 Å². The predicted molar refractivity (Wildman–Crippen MR) is 150 cm³/mol. The summed E-state index contributed by atoms with van der Waals surface area (Å²) in [6.07, 6.45) is -0.405. The van der Waals surface area contributed by atoms with Gasteiger partial charge in [0.15, 0.2) is 11.8 Å². The quantitative estimate of drug-likeness (QED) is 0.231. The molecule has 2 amide bonds. The Labute approximate surface area is 237 Å². The van der Waals surface area contributed by atoms with Gasteiger partial charge in [-0.05, 0) is 39.5 Å². The van der Waals surface area contributed by atoms with Crippen molar-refractivity contribution in [2.45, 2.75) is 92.4 Å². The highest BCUT2D eigenvalue weighted by molar-refractivity contribution is 7.09. The van der Waals surface area contributed by atoms with Gasteiger partial charge < -0.3 is 24.0 Å². The number of nitrogens with zero attached hydrogens (tertiary/aromatic N) is 3. The van der Waals surface area contributed by atoms with Crippen LogP contribution in [0.5, 0.6) is 0 Å². The maximum Gasteiger partial charge on any atom is 0.409 e. The molecule has 0 aliphatic heterocycles. The summed E-state index contributed by atoms with van der Waals surface area (Å²) in [4.78, 5) is 58.6. The standard InChI is InChI=1S/C28H47N3O7S/c1-12-18(5)19(14-23(32)38-28(6,7)8)25(33)31(11)21(17(3)4)15-22(37-27(35)30(9)10)24-29-20(16-39-24)26(34)36-13-2/h16-19,21-22H,12-15H2,1-11H3/t18-,19-,21+,22+/m0/s1. The van der Waals surface area contributed by atoms with E-state index in [0.717, 1.165) is 6.42 Å². The molecule has 0 saturated carbocycles. The highest BCUT2D eigenvalue weighted by Crippen LogP contribution is 2.32. The minimum Gasteiger partial charge on any atom is -0.461 e. The van der Waals surface area contributed by atoms with Gasteiger partial charge in [-0.3, -0.25) is 9.59 Å². The molecular formula is C28H47N3O7S. The zero-order valence-corrected chi connectivity index (χ0v) is 26.2. The van der Waals surface area contributed by atoms with Crippen molar-refractivity contribution in [3.05, 3.63) is 16.1 Å². The molecule has 4 atom stereocenters. The average molecular weight is 570 g/mol. The van der Waals surface area contributed by atoms with E-state index in [-0.39, 0.29) is 48.9 Å². The van der Waals surface area contributed by atoms with Crippen LogP contribution in [0.4, 0.5) is 4.79 Å². The van der Waals surface area contributed by atoms with Gasteiger partial charge in [0, 0.05) is 39.0 Å². The second kappa shape index (κ2) is 15.2. The number of amides is 2. The summed E-state index contributed by atoms with van der Waals surface area (Å²) in [5, 5.41) is 2.01. The molecule has 0 fully saturated rings. The van der Waals surface area contributed by atoms with Crippen molar-refractivity contribution in [3.63, 3.8) is 0 Å². The van der Waals surface area contributed by atoms with Crippen LogP contribution in [0.1, 0.15) is 96.3 Å². The molecule has 0 unspecified atom stereocenters. The number of ether oxygens (including phenoxy) is 3. The van der Waals surface area contributed by atoms with Gasteiger partial charge in [-0.1, -0.05) is 34.1 Å². The molecule has 1 heterocycles. The molecule has 0 bridgehead atoms. The minimum absolute atomic E-state index is 0.0110. The summed E-state index contributed by atoms with van der Waals surface area (Å²) in [5.41, 5.74) is -0.505. The molecule has 0 saturated heterocycles. The summed E-state index contributed by atoms with van der Waals surface area (Å²) in [7, 11) is 4.87. The Bertz CT molecular complexity index is 971. The second-order valence-corrected chi connectivity index (χ2v) is 12.2. The lowest BCUT2D eigenvalue weighted by atomic mass is 9.86. The van der Waals surface area contributed by atoms with Gasteiger partial charge in [0.1, 0.15) is 10.6 Å². The number of thiazole rings is 1. The molecule has 0 radical (unpaired) electrons. The summed E-state index contributed by atoms with van der Waals surface area (Å²) in [5.74, 6) is -1.75. The molecule has 222 valence electrons. The molecule has 0 aliphatic carbocycles. The van der Waals surface area contributed by atoms with Crippen LogP contribution in [-0.4, -0.2) is 78.1 Å².